The van der Waals surface area contributed by atoms with Crippen LogP contribution in [0.2, 0.25) is 15.1 Å². The number of para-hydroxylation sites is 2. The van der Waals surface area contributed by atoms with Crippen LogP contribution in [0.1, 0.15) is 11.4 Å². The number of nitrogens with zero attached hydrogens (tertiary/aromatic N) is 2. The molecular weight excluding hydrogens is 341 g/mol. The second-order valence-electron chi connectivity index (χ2n) is 4.53. The first kappa shape index (κ1) is 14.9. The molecule has 0 aliphatic carbocycles. The number of benzene rings is 2. The number of aromatic amines is 1. The van der Waals surface area contributed by atoms with Crippen LogP contribution in [0.15, 0.2) is 36.4 Å². The number of imidazole rings is 1. The minimum absolute atomic E-state index is 0.304. The van der Waals surface area contributed by atoms with Gasteiger partial charge in [0.1, 0.15) is 11.9 Å². The number of hydrogen-bond acceptors (Lipinski definition) is 2. The Bertz CT molecular complexity index is 902. The van der Waals surface area contributed by atoms with Crippen molar-refractivity contribution in [3.8, 4) is 6.07 Å². The lowest BCUT2D eigenvalue weighted by Gasteiger charge is -2.04. The van der Waals surface area contributed by atoms with Gasteiger partial charge in [-0.2, -0.15) is 5.26 Å². The van der Waals surface area contributed by atoms with Gasteiger partial charge < -0.3 is 4.98 Å². The van der Waals surface area contributed by atoms with E-state index in [1.54, 1.807) is 18.2 Å². The summed E-state index contributed by atoms with van der Waals surface area (Å²) in [6.45, 7) is 0. The molecule has 3 nitrogen and oxygen atoms in total. The highest BCUT2D eigenvalue weighted by molar-refractivity contribution is 6.44. The number of nitrogens with one attached hydrogen (secondary N) is 1. The lowest BCUT2D eigenvalue weighted by molar-refractivity contribution is 1.27. The molecule has 0 atom stereocenters. The van der Waals surface area contributed by atoms with Gasteiger partial charge in [0.05, 0.1) is 26.7 Å². The van der Waals surface area contributed by atoms with Crippen LogP contribution >= 0.6 is 34.8 Å². The topological polar surface area (TPSA) is 52.5 Å². The summed E-state index contributed by atoms with van der Waals surface area (Å²) in [5.74, 6) is 0.454. The first-order valence-electron chi connectivity index (χ1n) is 6.30. The fourth-order valence-corrected chi connectivity index (χ4v) is 2.70. The van der Waals surface area contributed by atoms with Crippen LogP contribution in [0.3, 0.4) is 0 Å². The fourth-order valence-electron chi connectivity index (χ4n) is 2.05. The summed E-state index contributed by atoms with van der Waals surface area (Å²) in [4.78, 5) is 7.50. The van der Waals surface area contributed by atoms with E-state index in [9.17, 15) is 5.26 Å². The van der Waals surface area contributed by atoms with Gasteiger partial charge in [-0.25, -0.2) is 4.98 Å². The van der Waals surface area contributed by atoms with Crippen LogP contribution < -0.4 is 0 Å². The molecule has 22 heavy (non-hydrogen) atoms. The maximum atomic E-state index is 9.42. The number of hydrogen-bond donors (Lipinski definition) is 1. The highest BCUT2D eigenvalue weighted by atomic mass is 35.5. The van der Waals surface area contributed by atoms with Gasteiger partial charge in [-0.1, -0.05) is 46.9 Å². The van der Waals surface area contributed by atoms with Crippen molar-refractivity contribution in [2.45, 2.75) is 0 Å². The van der Waals surface area contributed by atoms with Gasteiger partial charge in [0.2, 0.25) is 0 Å². The van der Waals surface area contributed by atoms with Crippen LogP contribution in [-0.2, 0) is 0 Å². The minimum atomic E-state index is 0.304. The molecule has 3 aromatic rings. The summed E-state index contributed by atoms with van der Waals surface area (Å²) in [6.07, 6.45) is 1.58. The van der Waals surface area contributed by atoms with Crippen LogP contribution in [0, 0.1) is 11.3 Å². The summed E-state index contributed by atoms with van der Waals surface area (Å²) in [7, 11) is 0. The predicted molar refractivity (Wildman–Crippen MR) is 91.0 cm³/mol. The number of rotatable bonds is 2. The summed E-state index contributed by atoms with van der Waals surface area (Å²) in [6, 6.07) is 12.9. The zero-order valence-corrected chi connectivity index (χ0v) is 13.3. The van der Waals surface area contributed by atoms with E-state index in [2.05, 4.69) is 16.0 Å². The Morgan fingerprint density at radius 2 is 1.82 bits per heavy atom. The molecule has 0 aliphatic rings. The minimum Gasteiger partial charge on any atom is -0.337 e. The second kappa shape index (κ2) is 6.02. The van der Waals surface area contributed by atoms with Gasteiger partial charge in [-0.15, -0.1) is 0 Å². The van der Waals surface area contributed by atoms with Crippen LogP contribution in [0.5, 0.6) is 0 Å². The Balaban J connectivity index is 2.16. The van der Waals surface area contributed by atoms with Gasteiger partial charge in [0, 0.05) is 10.6 Å². The van der Waals surface area contributed by atoms with E-state index in [0.29, 0.717) is 32.0 Å². The third-order valence-electron chi connectivity index (χ3n) is 3.13. The number of nitriles is 1. The van der Waals surface area contributed by atoms with E-state index < -0.39 is 0 Å². The fraction of sp³-hybridized carbons (Fsp3) is 0. The molecule has 0 spiro atoms. The molecule has 0 amide bonds. The van der Waals surface area contributed by atoms with Crippen molar-refractivity contribution in [2.75, 3.05) is 0 Å². The van der Waals surface area contributed by atoms with Gasteiger partial charge >= 0.3 is 0 Å². The molecule has 1 aromatic heterocycles. The van der Waals surface area contributed by atoms with Gasteiger partial charge in [-0.05, 0) is 30.3 Å². The molecule has 3 rings (SSSR count). The summed E-state index contributed by atoms with van der Waals surface area (Å²) in [5.41, 5.74) is 2.44. The Kier molecular flexibility index (Phi) is 4.08. The van der Waals surface area contributed by atoms with Crippen molar-refractivity contribution in [3.63, 3.8) is 0 Å². The van der Waals surface area contributed by atoms with Gasteiger partial charge in [-0.3, -0.25) is 0 Å². The first-order chi connectivity index (χ1) is 10.6. The number of allylic oxidation sites excluding steroid dienone is 1. The molecule has 1 N–H and O–H groups in total. The Labute approximate surface area is 141 Å². The van der Waals surface area contributed by atoms with E-state index in [1.165, 1.54) is 0 Å². The standard InChI is InChI=1S/C16H8Cl3N3/c17-11-5-6-12(18)15(19)10(11)7-9(8-20)16-21-13-3-1-2-4-14(13)22-16/h1-7H,(H,21,22). The summed E-state index contributed by atoms with van der Waals surface area (Å²) >= 11 is 18.3. The molecule has 0 radical (unpaired) electrons. The summed E-state index contributed by atoms with van der Waals surface area (Å²) in [5, 5.41) is 10.5. The highest BCUT2D eigenvalue weighted by Gasteiger charge is 2.12. The number of aromatic nitrogens is 2. The smallest absolute Gasteiger partial charge is 0.149 e. The molecule has 1 heterocycles. The van der Waals surface area contributed by atoms with Gasteiger partial charge in [0.25, 0.3) is 0 Å². The average molecular weight is 349 g/mol. The maximum Gasteiger partial charge on any atom is 0.149 e. The molecule has 2 aromatic carbocycles. The Morgan fingerprint density at radius 3 is 2.55 bits per heavy atom. The Hall–Kier alpha value is -1.99. The van der Waals surface area contributed by atoms with Crippen LogP contribution in [-0.4, -0.2) is 9.97 Å². The first-order valence-corrected chi connectivity index (χ1v) is 7.44. The molecule has 0 saturated carbocycles. The van der Waals surface area contributed by atoms with E-state index in [4.69, 9.17) is 34.8 Å². The summed E-state index contributed by atoms with van der Waals surface area (Å²) < 4.78 is 0. The second-order valence-corrected chi connectivity index (χ2v) is 5.72. The van der Waals surface area contributed by atoms with E-state index in [-0.39, 0.29) is 0 Å². The van der Waals surface area contributed by atoms with Crippen LogP contribution in [0.4, 0.5) is 0 Å². The third-order valence-corrected chi connectivity index (χ3v) is 4.28. The average Bonchev–Trinajstić information content (AvgIpc) is 2.95. The number of H-pyrrole nitrogens is 1. The molecule has 0 fully saturated rings. The molecule has 0 saturated heterocycles. The van der Waals surface area contributed by atoms with Crippen molar-refractivity contribution in [1.82, 2.24) is 9.97 Å². The monoisotopic (exact) mass is 347 g/mol. The number of halogens is 3. The van der Waals surface area contributed by atoms with E-state index in [1.807, 2.05) is 24.3 Å². The molecular formula is C16H8Cl3N3. The quantitative estimate of drug-likeness (QED) is 0.485. The number of fused-ring (bicyclic) bond motifs is 1. The normalized spacial score (nSPS) is 11.6. The van der Waals surface area contributed by atoms with Crippen LogP contribution in [0.25, 0.3) is 22.7 Å². The highest BCUT2D eigenvalue weighted by Crippen LogP contribution is 2.34. The van der Waals surface area contributed by atoms with Crippen molar-refractivity contribution in [1.29, 1.82) is 5.26 Å². The SMILES string of the molecule is N#CC(=Cc1c(Cl)ccc(Cl)c1Cl)c1nc2ccccc2[nH]1. The predicted octanol–water partition coefficient (Wildman–Crippen LogP) is 5.59. The molecule has 6 heteroatoms. The lowest BCUT2D eigenvalue weighted by Crippen LogP contribution is -1.87. The lowest BCUT2D eigenvalue weighted by atomic mass is 10.1. The van der Waals surface area contributed by atoms with Crippen molar-refractivity contribution in [2.24, 2.45) is 0 Å². The van der Waals surface area contributed by atoms with E-state index in [0.717, 1.165) is 11.0 Å². The van der Waals surface area contributed by atoms with Crippen molar-refractivity contribution >= 4 is 57.5 Å². The zero-order chi connectivity index (χ0) is 15.7. The third kappa shape index (κ3) is 2.69. The van der Waals surface area contributed by atoms with E-state index >= 15 is 0 Å². The van der Waals surface area contributed by atoms with Crippen molar-refractivity contribution < 1.29 is 0 Å². The molecule has 0 aliphatic heterocycles. The zero-order valence-electron chi connectivity index (χ0n) is 11.1. The van der Waals surface area contributed by atoms with Gasteiger partial charge in [0.15, 0.2) is 0 Å². The molecule has 0 unspecified atom stereocenters. The Morgan fingerprint density at radius 1 is 1.09 bits per heavy atom. The molecule has 108 valence electrons. The maximum absolute atomic E-state index is 9.42. The molecule has 0 bridgehead atoms. The van der Waals surface area contributed by atoms with Crippen molar-refractivity contribution in [3.05, 3.63) is 62.9 Å². The largest absolute Gasteiger partial charge is 0.337 e.